The normalized spacial score (nSPS) is 20.6. The van der Waals surface area contributed by atoms with Gasteiger partial charge in [0.1, 0.15) is 23.9 Å². The van der Waals surface area contributed by atoms with Gasteiger partial charge in [0.15, 0.2) is 0 Å². The molecule has 0 aromatic heterocycles. The zero-order valence-corrected chi connectivity index (χ0v) is 25.4. The molecule has 0 aliphatic carbocycles. The van der Waals surface area contributed by atoms with E-state index < -0.39 is 10.0 Å². The van der Waals surface area contributed by atoms with Gasteiger partial charge in [-0.2, -0.15) is 0 Å². The first-order valence-corrected chi connectivity index (χ1v) is 15.2. The minimum atomic E-state index is -3.97. The molecule has 0 spiro atoms. The molecule has 11 heteroatoms. The van der Waals surface area contributed by atoms with E-state index in [0.717, 1.165) is 0 Å². The molecule has 0 saturated carbocycles. The molecule has 0 saturated heterocycles. The number of likely N-dealkylation sites (N-methyl/N-ethyl adjacent to an activating group) is 1. The second-order valence-electron chi connectivity index (χ2n) is 10.6. The van der Waals surface area contributed by atoms with Crippen molar-refractivity contribution in [2.24, 2.45) is 5.92 Å². The average Bonchev–Trinajstić information content (AvgIpc) is 2.98. The number of benzene rings is 3. The van der Waals surface area contributed by atoms with Crippen molar-refractivity contribution in [3.8, 4) is 11.5 Å². The Bertz CT molecular complexity index is 1500. The Kier molecular flexibility index (Phi) is 10.1. The number of carbonyl (C=O) groups excluding carboxylic acids is 1. The maximum Gasteiger partial charge on any atom is 0.262 e. The van der Waals surface area contributed by atoms with Crippen LogP contribution in [0.15, 0.2) is 71.6 Å². The summed E-state index contributed by atoms with van der Waals surface area (Å²) in [5.74, 6) is 0.113. The predicted octanol–water partition coefficient (Wildman–Crippen LogP) is 4.64. The third-order valence-electron chi connectivity index (χ3n) is 7.51. The number of sulfonamides is 1. The molecule has 0 bridgehead atoms. The molecular weight excluding hydrogens is 561 g/mol. The molecule has 1 amide bonds. The van der Waals surface area contributed by atoms with Crippen LogP contribution in [0.5, 0.6) is 11.5 Å². The fourth-order valence-corrected chi connectivity index (χ4v) is 6.05. The quantitative estimate of drug-likeness (QED) is 0.423. The number of nitrogens with zero attached hydrogens (tertiary/aromatic N) is 2. The number of amides is 1. The summed E-state index contributed by atoms with van der Waals surface area (Å²) in [6.07, 6.45) is -0.298. The number of halogens is 1. The zero-order chi connectivity index (χ0) is 30.4. The third-order valence-corrected chi connectivity index (χ3v) is 8.89. The van der Waals surface area contributed by atoms with Crippen LogP contribution in [0.25, 0.3) is 0 Å². The van der Waals surface area contributed by atoms with Crippen molar-refractivity contribution in [3.63, 3.8) is 0 Å². The number of hydrogen-bond donors (Lipinski definition) is 1. The van der Waals surface area contributed by atoms with Crippen LogP contribution < -0.4 is 14.2 Å². The van der Waals surface area contributed by atoms with Gasteiger partial charge in [-0.25, -0.2) is 12.8 Å². The Morgan fingerprint density at radius 2 is 1.79 bits per heavy atom. The van der Waals surface area contributed by atoms with Crippen LogP contribution >= 0.6 is 0 Å². The molecule has 9 nitrogen and oxygen atoms in total. The zero-order valence-electron chi connectivity index (χ0n) is 24.5. The van der Waals surface area contributed by atoms with E-state index >= 15 is 0 Å². The largest absolute Gasteiger partial charge is 0.497 e. The van der Waals surface area contributed by atoms with Gasteiger partial charge in [-0.3, -0.25) is 14.4 Å². The minimum Gasteiger partial charge on any atom is -0.497 e. The average molecular weight is 600 g/mol. The second-order valence-corrected chi connectivity index (χ2v) is 12.3. The van der Waals surface area contributed by atoms with E-state index in [4.69, 9.17) is 14.2 Å². The number of hydrogen-bond acceptors (Lipinski definition) is 7. The topological polar surface area (TPSA) is 97.4 Å². The van der Waals surface area contributed by atoms with E-state index in [2.05, 4.69) is 9.62 Å². The predicted molar refractivity (Wildman–Crippen MR) is 159 cm³/mol. The highest BCUT2D eigenvalue weighted by atomic mass is 32.2. The van der Waals surface area contributed by atoms with Crippen molar-refractivity contribution in [3.05, 3.63) is 83.7 Å². The lowest BCUT2D eigenvalue weighted by molar-refractivity contribution is 0.00904. The summed E-state index contributed by atoms with van der Waals surface area (Å²) in [5, 5.41) is 0. The van der Waals surface area contributed by atoms with E-state index in [1.165, 1.54) is 31.4 Å². The molecule has 42 heavy (non-hydrogen) atoms. The van der Waals surface area contributed by atoms with Crippen molar-refractivity contribution in [2.45, 2.75) is 37.4 Å². The molecule has 0 unspecified atom stereocenters. The van der Waals surface area contributed by atoms with E-state index in [-0.39, 0.29) is 59.1 Å². The van der Waals surface area contributed by atoms with Gasteiger partial charge in [-0.1, -0.05) is 31.2 Å². The molecular formula is C31H38FN3O6S. The number of fused-ring (bicyclic) bond motifs is 1. The summed E-state index contributed by atoms with van der Waals surface area (Å²) in [7, 11) is 0.772. The monoisotopic (exact) mass is 599 g/mol. The Balaban J connectivity index is 1.66. The van der Waals surface area contributed by atoms with E-state index in [1.807, 2.05) is 19.9 Å². The highest BCUT2D eigenvalue weighted by Crippen LogP contribution is 2.28. The Hall–Kier alpha value is -3.67. The maximum absolute atomic E-state index is 14.6. The maximum atomic E-state index is 14.6. The van der Waals surface area contributed by atoms with Gasteiger partial charge < -0.3 is 19.1 Å². The molecule has 0 radical (unpaired) electrons. The lowest BCUT2D eigenvalue weighted by Crippen LogP contribution is -2.46. The second kappa shape index (κ2) is 13.5. The highest BCUT2D eigenvalue weighted by molar-refractivity contribution is 7.92. The molecule has 3 atom stereocenters. The van der Waals surface area contributed by atoms with Crippen LogP contribution in [0, 0.1) is 11.7 Å². The van der Waals surface area contributed by atoms with Crippen molar-refractivity contribution < 1.29 is 31.8 Å². The van der Waals surface area contributed by atoms with E-state index in [9.17, 15) is 17.6 Å². The molecule has 1 heterocycles. The van der Waals surface area contributed by atoms with Gasteiger partial charge in [0.25, 0.3) is 15.9 Å². The van der Waals surface area contributed by atoms with Gasteiger partial charge in [0.05, 0.1) is 23.7 Å². The first-order valence-electron chi connectivity index (χ1n) is 13.7. The van der Waals surface area contributed by atoms with Crippen molar-refractivity contribution >= 4 is 21.6 Å². The van der Waals surface area contributed by atoms with Gasteiger partial charge in [-0.15, -0.1) is 0 Å². The lowest BCUT2D eigenvalue weighted by atomic mass is 10.0. The Morgan fingerprint density at radius 1 is 1.02 bits per heavy atom. The highest BCUT2D eigenvalue weighted by Gasteiger charge is 2.29. The fourth-order valence-electron chi connectivity index (χ4n) is 4.96. The fraction of sp³-hybridized carbons (Fsp3) is 0.387. The summed E-state index contributed by atoms with van der Waals surface area (Å²) < 4.78 is 60.5. The van der Waals surface area contributed by atoms with Gasteiger partial charge in [0, 0.05) is 57.2 Å². The minimum absolute atomic E-state index is 0.000576. The van der Waals surface area contributed by atoms with Crippen molar-refractivity contribution in [1.82, 2.24) is 9.80 Å². The first kappa shape index (κ1) is 31.3. The molecule has 0 fully saturated rings. The molecule has 226 valence electrons. The Labute approximate surface area is 247 Å². The molecule has 1 aliphatic rings. The smallest absolute Gasteiger partial charge is 0.262 e. The summed E-state index contributed by atoms with van der Waals surface area (Å²) >= 11 is 0. The number of ether oxygens (including phenoxy) is 3. The first-order chi connectivity index (χ1) is 20.0. The van der Waals surface area contributed by atoms with Crippen molar-refractivity contribution in [2.75, 3.05) is 45.7 Å². The Morgan fingerprint density at radius 3 is 2.50 bits per heavy atom. The molecule has 4 rings (SSSR count). The van der Waals surface area contributed by atoms with Gasteiger partial charge >= 0.3 is 0 Å². The van der Waals surface area contributed by atoms with Crippen LogP contribution in [0.3, 0.4) is 0 Å². The summed E-state index contributed by atoms with van der Waals surface area (Å²) in [5.41, 5.74) is 0.998. The standard InChI is InChI=1S/C31H38FN3O6S/c1-21-17-35(18-23-9-6-7-12-28(23)32)22(2)20-41-29-14-13-24(15-27(29)31(36)34(3)19-30(21)40-5)33-42(37,38)26-11-8-10-25(16-26)39-4/h6-16,21-22,30,33H,17-20H2,1-5H3/t21-,22+,30-/m0/s1. The summed E-state index contributed by atoms with van der Waals surface area (Å²) in [4.78, 5) is 17.4. The summed E-state index contributed by atoms with van der Waals surface area (Å²) in [6.45, 7) is 5.52. The SMILES string of the molecule is COc1cccc(S(=O)(=O)Nc2ccc3c(c2)C(=O)N(C)C[C@H](OC)[C@@H](C)CN(Cc2ccccc2F)[C@H](C)CO3)c1. The van der Waals surface area contributed by atoms with Crippen molar-refractivity contribution in [1.29, 1.82) is 0 Å². The number of anilines is 1. The number of rotatable bonds is 7. The number of carbonyl (C=O) groups is 1. The van der Waals surface area contributed by atoms with E-state index in [1.54, 1.807) is 55.5 Å². The van der Waals surface area contributed by atoms with Gasteiger partial charge in [-0.05, 0) is 49.2 Å². The third kappa shape index (κ3) is 7.39. The number of methoxy groups -OCH3 is 2. The molecule has 3 aromatic rings. The van der Waals surface area contributed by atoms with Crippen LogP contribution in [-0.4, -0.2) is 77.2 Å². The van der Waals surface area contributed by atoms with Crippen LogP contribution in [0.4, 0.5) is 10.1 Å². The summed E-state index contributed by atoms with van der Waals surface area (Å²) in [6, 6.07) is 17.3. The van der Waals surface area contributed by atoms with Crippen LogP contribution in [0.2, 0.25) is 0 Å². The molecule has 1 N–H and O–H groups in total. The molecule has 1 aliphatic heterocycles. The molecule has 3 aromatic carbocycles. The van der Waals surface area contributed by atoms with Gasteiger partial charge in [0.2, 0.25) is 0 Å². The lowest BCUT2D eigenvalue weighted by Gasteiger charge is -2.36. The number of nitrogens with one attached hydrogen (secondary N) is 1. The van der Waals surface area contributed by atoms with E-state index in [0.29, 0.717) is 30.2 Å². The van der Waals surface area contributed by atoms with Crippen LogP contribution in [-0.2, 0) is 21.3 Å². The van der Waals surface area contributed by atoms with Crippen LogP contribution in [0.1, 0.15) is 29.8 Å².